The summed E-state index contributed by atoms with van der Waals surface area (Å²) in [6, 6.07) is 10.9. The Labute approximate surface area is 124 Å². The average Bonchev–Trinajstić information content (AvgIpc) is 2.43. The largest absolute Gasteiger partial charge is 0.383 e. The molecule has 3 aromatic rings. The summed E-state index contributed by atoms with van der Waals surface area (Å²) < 4.78 is 14.8. The molecule has 0 saturated heterocycles. The summed E-state index contributed by atoms with van der Waals surface area (Å²) in [6.45, 7) is 1.90. The van der Waals surface area contributed by atoms with E-state index in [1.807, 2.05) is 31.2 Å². The molecule has 0 saturated carbocycles. The van der Waals surface area contributed by atoms with Crippen LogP contribution in [0.25, 0.3) is 21.9 Å². The third kappa shape index (κ3) is 2.06. The van der Waals surface area contributed by atoms with Crippen molar-refractivity contribution in [3.8, 4) is 11.1 Å². The van der Waals surface area contributed by atoms with Crippen LogP contribution in [0.1, 0.15) is 5.56 Å². The molecule has 0 atom stereocenters. The van der Waals surface area contributed by atoms with Gasteiger partial charge < -0.3 is 5.73 Å². The summed E-state index contributed by atoms with van der Waals surface area (Å²) in [5.41, 5.74) is 8.14. The molecule has 0 fully saturated rings. The average molecular weight is 331 g/mol. The second-order valence-electron chi connectivity index (χ2n) is 4.69. The number of anilines is 1. The van der Waals surface area contributed by atoms with Gasteiger partial charge in [0.05, 0.1) is 4.47 Å². The summed E-state index contributed by atoms with van der Waals surface area (Å²) in [5.74, 6) is 0.235. The lowest BCUT2D eigenvalue weighted by Crippen LogP contribution is -1.93. The van der Waals surface area contributed by atoms with E-state index in [1.165, 1.54) is 6.07 Å². The zero-order valence-corrected chi connectivity index (χ0v) is 12.4. The molecule has 0 unspecified atom stereocenters. The van der Waals surface area contributed by atoms with E-state index in [9.17, 15) is 4.39 Å². The Morgan fingerprint density at radius 2 is 2.00 bits per heavy atom. The number of halogens is 2. The normalized spacial score (nSPS) is 10.9. The van der Waals surface area contributed by atoms with Crippen molar-refractivity contribution in [2.75, 3.05) is 5.73 Å². The highest BCUT2D eigenvalue weighted by molar-refractivity contribution is 9.10. The zero-order chi connectivity index (χ0) is 14.3. The molecule has 0 amide bonds. The van der Waals surface area contributed by atoms with Crippen molar-refractivity contribution in [1.29, 1.82) is 0 Å². The molecule has 2 N–H and O–H groups in total. The van der Waals surface area contributed by atoms with Crippen LogP contribution in [-0.2, 0) is 0 Å². The Balaban J connectivity index is 2.27. The summed E-state index contributed by atoms with van der Waals surface area (Å²) in [5, 5.41) is 1.89. The topological polar surface area (TPSA) is 38.9 Å². The van der Waals surface area contributed by atoms with Gasteiger partial charge >= 0.3 is 0 Å². The van der Waals surface area contributed by atoms with Crippen LogP contribution in [0, 0.1) is 12.7 Å². The van der Waals surface area contributed by atoms with Crippen molar-refractivity contribution in [2.45, 2.75) is 6.92 Å². The quantitative estimate of drug-likeness (QED) is 0.702. The molecule has 0 bridgehead atoms. The van der Waals surface area contributed by atoms with Gasteiger partial charge in [0.15, 0.2) is 0 Å². The number of rotatable bonds is 1. The van der Waals surface area contributed by atoms with Gasteiger partial charge in [0, 0.05) is 22.5 Å². The minimum atomic E-state index is -0.216. The Kier molecular flexibility index (Phi) is 3.18. The van der Waals surface area contributed by atoms with E-state index in [-0.39, 0.29) is 5.82 Å². The SMILES string of the molecule is Cc1cccc(F)c1-c1ccc2c(Br)c(N)ncc2c1. The summed E-state index contributed by atoms with van der Waals surface area (Å²) >= 11 is 3.43. The van der Waals surface area contributed by atoms with Crippen LogP contribution < -0.4 is 5.73 Å². The van der Waals surface area contributed by atoms with Gasteiger partial charge in [-0.1, -0.05) is 24.3 Å². The number of hydrogen-bond donors (Lipinski definition) is 1. The number of aromatic nitrogens is 1. The number of hydrogen-bond acceptors (Lipinski definition) is 2. The van der Waals surface area contributed by atoms with E-state index in [0.717, 1.165) is 26.4 Å². The lowest BCUT2D eigenvalue weighted by atomic mass is 9.98. The third-order valence-corrected chi connectivity index (χ3v) is 4.20. The molecule has 0 aliphatic rings. The van der Waals surface area contributed by atoms with Crippen LogP contribution >= 0.6 is 15.9 Å². The molecule has 4 heteroatoms. The van der Waals surface area contributed by atoms with Gasteiger partial charge in [0.1, 0.15) is 11.6 Å². The maximum Gasteiger partial charge on any atom is 0.138 e. The minimum Gasteiger partial charge on any atom is -0.383 e. The lowest BCUT2D eigenvalue weighted by Gasteiger charge is -2.10. The monoisotopic (exact) mass is 330 g/mol. The third-order valence-electron chi connectivity index (χ3n) is 3.37. The molecule has 0 aliphatic heterocycles. The van der Waals surface area contributed by atoms with Gasteiger partial charge in [0.2, 0.25) is 0 Å². The van der Waals surface area contributed by atoms with E-state index in [2.05, 4.69) is 20.9 Å². The van der Waals surface area contributed by atoms with Crippen molar-refractivity contribution in [2.24, 2.45) is 0 Å². The van der Waals surface area contributed by atoms with Crippen LogP contribution in [0.4, 0.5) is 10.2 Å². The number of nitrogens with zero attached hydrogens (tertiary/aromatic N) is 1. The van der Waals surface area contributed by atoms with Gasteiger partial charge in [-0.15, -0.1) is 0 Å². The van der Waals surface area contributed by atoms with E-state index in [0.29, 0.717) is 11.4 Å². The fourth-order valence-corrected chi connectivity index (χ4v) is 2.82. The van der Waals surface area contributed by atoms with Crippen molar-refractivity contribution >= 4 is 32.5 Å². The Morgan fingerprint density at radius 3 is 2.75 bits per heavy atom. The predicted octanol–water partition coefficient (Wildman–Crippen LogP) is 4.69. The zero-order valence-electron chi connectivity index (χ0n) is 10.8. The first-order valence-corrected chi connectivity index (χ1v) is 6.96. The molecule has 0 spiro atoms. The molecular weight excluding hydrogens is 319 g/mol. The van der Waals surface area contributed by atoms with Crippen molar-refractivity contribution in [3.63, 3.8) is 0 Å². The van der Waals surface area contributed by atoms with Gasteiger partial charge in [0.25, 0.3) is 0 Å². The van der Waals surface area contributed by atoms with Crippen LogP contribution in [0.2, 0.25) is 0 Å². The van der Waals surface area contributed by atoms with E-state index in [1.54, 1.807) is 12.3 Å². The molecule has 20 heavy (non-hydrogen) atoms. The highest BCUT2D eigenvalue weighted by Crippen LogP contribution is 2.33. The minimum absolute atomic E-state index is 0.216. The Bertz CT molecular complexity index is 795. The van der Waals surface area contributed by atoms with Gasteiger partial charge in [-0.25, -0.2) is 9.37 Å². The molecule has 0 radical (unpaired) electrons. The maximum atomic E-state index is 14.0. The van der Waals surface area contributed by atoms with Crippen molar-refractivity contribution in [1.82, 2.24) is 4.98 Å². The summed E-state index contributed by atoms with van der Waals surface area (Å²) in [7, 11) is 0. The number of benzene rings is 2. The predicted molar refractivity (Wildman–Crippen MR) is 84.0 cm³/mol. The second-order valence-corrected chi connectivity index (χ2v) is 5.48. The highest BCUT2D eigenvalue weighted by Gasteiger charge is 2.10. The molecule has 2 nitrogen and oxygen atoms in total. The second kappa shape index (κ2) is 4.87. The molecular formula is C16H12BrFN2. The number of nitrogens with two attached hydrogens (primary N) is 1. The smallest absolute Gasteiger partial charge is 0.138 e. The summed E-state index contributed by atoms with van der Waals surface area (Å²) in [6.07, 6.45) is 1.70. The van der Waals surface area contributed by atoms with Crippen LogP contribution in [0.3, 0.4) is 0 Å². The van der Waals surface area contributed by atoms with Crippen LogP contribution in [0.15, 0.2) is 47.1 Å². The first-order valence-electron chi connectivity index (χ1n) is 6.17. The number of fused-ring (bicyclic) bond motifs is 1. The fraction of sp³-hybridized carbons (Fsp3) is 0.0625. The van der Waals surface area contributed by atoms with Gasteiger partial charge in [-0.05, 0) is 46.1 Å². The van der Waals surface area contributed by atoms with E-state index in [4.69, 9.17) is 5.73 Å². The highest BCUT2D eigenvalue weighted by atomic mass is 79.9. The molecule has 100 valence electrons. The Morgan fingerprint density at radius 1 is 1.20 bits per heavy atom. The Hall–Kier alpha value is -1.94. The van der Waals surface area contributed by atoms with Gasteiger partial charge in [-0.3, -0.25) is 0 Å². The molecule has 3 rings (SSSR count). The van der Waals surface area contributed by atoms with Crippen molar-refractivity contribution < 1.29 is 4.39 Å². The van der Waals surface area contributed by atoms with E-state index >= 15 is 0 Å². The lowest BCUT2D eigenvalue weighted by molar-refractivity contribution is 0.630. The molecule has 2 aromatic carbocycles. The maximum absolute atomic E-state index is 14.0. The summed E-state index contributed by atoms with van der Waals surface area (Å²) in [4.78, 5) is 4.12. The number of aryl methyl sites for hydroxylation is 1. The first kappa shape index (κ1) is 13.1. The van der Waals surface area contributed by atoms with Crippen LogP contribution in [-0.4, -0.2) is 4.98 Å². The van der Waals surface area contributed by atoms with Crippen LogP contribution in [0.5, 0.6) is 0 Å². The standard InChI is InChI=1S/C16H12BrFN2/c1-9-3-2-4-13(18)14(9)10-5-6-12-11(7-10)8-20-16(19)15(12)17/h2-8H,1H3,(H2,19,20). The molecule has 1 heterocycles. The first-order chi connectivity index (χ1) is 9.58. The fourth-order valence-electron chi connectivity index (χ4n) is 2.36. The van der Waals surface area contributed by atoms with Crippen molar-refractivity contribution in [3.05, 3.63) is 58.4 Å². The molecule has 0 aliphatic carbocycles. The van der Waals surface area contributed by atoms with E-state index < -0.39 is 0 Å². The number of nitrogen functional groups attached to an aromatic ring is 1. The number of pyridine rings is 1. The van der Waals surface area contributed by atoms with Gasteiger partial charge in [-0.2, -0.15) is 0 Å². The molecule has 1 aromatic heterocycles.